The van der Waals surface area contributed by atoms with Gasteiger partial charge in [0.25, 0.3) is 0 Å². The predicted molar refractivity (Wildman–Crippen MR) is 51.6 cm³/mol. The van der Waals surface area contributed by atoms with Crippen LogP contribution in [0.1, 0.15) is 37.4 Å². The third-order valence-electron chi connectivity index (χ3n) is 2.04. The van der Waals surface area contributed by atoms with Gasteiger partial charge in [0.1, 0.15) is 0 Å². The van der Waals surface area contributed by atoms with E-state index in [4.69, 9.17) is 0 Å². The second kappa shape index (κ2) is 4.01. The van der Waals surface area contributed by atoms with E-state index in [1.807, 2.05) is 6.92 Å². The van der Waals surface area contributed by atoms with E-state index in [2.05, 4.69) is 17.3 Å². The lowest BCUT2D eigenvalue weighted by atomic mass is 10.1. The van der Waals surface area contributed by atoms with Crippen molar-refractivity contribution in [2.24, 2.45) is 0 Å². The fourth-order valence-electron chi connectivity index (χ4n) is 0.901. The molecule has 2 nitrogen and oxygen atoms in total. The molecular formula is C9H15NOS. The number of nitrogens with zero attached hydrogens (tertiary/aromatic N) is 1. The van der Waals surface area contributed by atoms with Crippen molar-refractivity contribution in [3.8, 4) is 0 Å². The van der Waals surface area contributed by atoms with E-state index >= 15 is 0 Å². The summed E-state index contributed by atoms with van der Waals surface area (Å²) in [4.78, 5) is 4.41. The summed E-state index contributed by atoms with van der Waals surface area (Å²) in [6.07, 6.45) is 0.670. The smallest absolute Gasteiger partial charge is 0.0982 e. The molecule has 0 amide bonds. The summed E-state index contributed by atoms with van der Waals surface area (Å²) in [5.41, 5.74) is 1.13. The zero-order valence-corrected chi connectivity index (χ0v) is 8.56. The molecule has 0 saturated heterocycles. The largest absolute Gasteiger partial charge is 0.393 e. The van der Waals surface area contributed by atoms with Gasteiger partial charge in [0.2, 0.25) is 0 Å². The van der Waals surface area contributed by atoms with Gasteiger partial charge in [0, 0.05) is 11.3 Å². The fourth-order valence-corrected chi connectivity index (χ4v) is 1.96. The van der Waals surface area contributed by atoms with E-state index in [0.717, 1.165) is 17.1 Å². The topological polar surface area (TPSA) is 33.1 Å². The van der Waals surface area contributed by atoms with Gasteiger partial charge >= 0.3 is 0 Å². The number of aliphatic hydroxyl groups excluding tert-OH is 1. The standard InChI is InChI=1S/C9H15NOS/c1-4-8-5-12-9(10-8)6(2)7(3)11/h5-7,11H,4H2,1-3H3. The number of aliphatic hydroxyl groups is 1. The molecule has 2 atom stereocenters. The minimum atomic E-state index is -0.305. The van der Waals surface area contributed by atoms with Gasteiger partial charge in [-0.3, -0.25) is 0 Å². The zero-order valence-electron chi connectivity index (χ0n) is 7.74. The molecule has 0 aliphatic carbocycles. The van der Waals surface area contributed by atoms with Crippen LogP contribution in [0.5, 0.6) is 0 Å². The summed E-state index contributed by atoms with van der Waals surface area (Å²) in [5, 5.41) is 12.4. The maximum atomic E-state index is 9.32. The Bertz CT molecular complexity index is 244. The molecule has 1 aromatic heterocycles. The van der Waals surface area contributed by atoms with Crippen molar-refractivity contribution in [2.75, 3.05) is 0 Å². The number of rotatable bonds is 3. The molecule has 0 spiro atoms. The molecular weight excluding hydrogens is 170 g/mol. The van der Waals surface area contributed by atoms with Gasteiger partial charge in [-0.15, -0.1) is 11.3 Å². The van der Waals surface area contributed by atoms with E-state index in [9.17, 15) is 5.11 Å². The van der Waals surface area contributed by atoms with E-state index in [-0.39, 0.29) is 12.0 Å². The molecule has 0 saturated carbocycles. The van der Waals surface area contributed by atoms with Crippen molar-refractivity contribution >= 4 is 11.3 Å². The Morgan fingerprint density at radius 2 is 2.25 bits per heavy atom. The van der Waals surface area contributed by atoms with Crippen LogP contribution in [0, 0.1) is 0 Å². The summed E-state index contributed by atoms with van der Waals surface area (Å²) in [7, 11) is 0. The minimum absolute atomic E-state index is 0.162. The molecule has 0 aromatic carbocycles. The molecule has 0 fully saturated rings. The number of aryl methyl sites for hydroxylation is 1. The van der Waals surface area contributed by atoms with Crippen molar-refractivity contribution in [1.29, 1.82) is 0 Å². The Morgan fingerprint density at radius 1 is 1.58 bits per heavy atom. The first-order valence-electron chi connectivity index (χ1n) is 4.27. The van der Waals surface area contributed by atoms with Crippen LogP contribution < -0.4 is 0 Å². The van der Waals surface area contributed by atoms with Gasteiger partial charge in [-0.25, -0.2) is 4.98 Å². The number of thiazole rings is 1. The number of hydrogen-bond acceptors (Lipinski definition) is 3. The van der Waals surface area contributed by atoms with Crippen LogP contribution in [-0.2, 0) is 6.42 Å². The summed E-state index contributed by atoms with van der Waals surface area (Å²) in [6, 6.07) is 0. The molecule has 0 aliphatic rings. The van der Waals surface area contributed by atoms with Crippen molar-refractivity contribution in [1.82, 2.24) is 4.98 Å². The van der Waals surface area contributed by atoms with Crippen LogP contribution >= 0.6 is 11.3 Å². The highest BCUT2D eigenvalue weighted by Crippen LogP contribution is 2.22. The summed E-state index contributed by atoms with van der Waals surface area (Å²) in [6.45, 7) is 5.90. The zero-order chi connectivity index (χ0) is 9.14. The van der Waals surface area contributed by atoms with Crippen LogP contribution in [0.3, 0.4) is 0 Å². The Morgan fingerprint density at radius 3 is 2.67 bits per heavy atom. The van der Waals surface area contributed by atoms with Crippen LogP contribution in [-0.4, -0.2) is 16.2 Å². The van der Waals surface area contributed by atoms with Gasteiger partial charge < -0.3 is 5.11 Å². The van der Waals surface area contributed by atoms with Gasteiger partial charge in [0.05, 0.1) is 16.8 Å². The first-order chi connectivity index (χ1) is 5.65. The van der Waals surface area contributed by atoms with E-state index in [1.54, 1.807) is 18.3 Å². The van der Waals surface area contributed by atoms with Gasteiger partial charge in [-0.2, -0.15) is 0 Å². The molecule has 2 unspecified atom stereocenters. The molecule has 12 heavy (non-hydrogen) atoms. The van der Waals surface area contributed by atoms with Crippen LogP contribution in [0.2, 0.25) is 0 Å². The van der Waals surface area contributed by atoms with Crippen LogP contribution in [0.4, 0.5) is 0 Å². The molecule has 3 heteroatoms. The monoisotopic (exact) mass is 185 g/mol. The van der Waals surface area contributed by atoms with E-state index in [1.165, 1.54) is 0 Å². The van der Waals surface area contributed by atoms with Crippen LogP contribution in [0.15, 0.2) is 5.38 Å². The SMILES string of the molecule is CCc1csc(C(C)C(C)O)n1. The summed E-state index contributed by atoms with van der Waals surface area (Å²) >= 11 is 1.64. The van der Waals surface area contributed by atoms with Crippen molar-refractivity contribution in [3.63, 3.8) is 0 Å². The first-order valence-corrected chi connectivity index (χ1v) is 5.15. The molecule has 1 N–H and O–H groups in total. The van der Waals surface area contributed by atoms with E-state index in [0.29, 0.717) is 0 Å². The highest BCUT2D eigenvalue weighted by atomic mass is 32.1. The Hall–Kier alpha value is -0.410. The van der Waals surface area contributed by atoms with Crippen LogP contribution in [0.25, 0.3) is 0 Å². The first kappa shape index (κ1) is 9.68. The average Bonchev–Trinajstić information content (AvgIpc) is 2.50. The molecule has 0 bridgehead atoms. The summed E-state index contributed by atoms with van der Waals surface area (Å²) in [5.74, 6) is 0.162. The lowest BCUT2D eigenvalue weighted by Crippen LogP contribution is -2.10. The molecule has 1 heterocycles. The van der Waals surface area contributed by atoms with Crippen molar-refractivity contribution in [2.45, 2.75) is 39.2 Å². The molecule has 0 aliphatic heterocycles. The minimum Gasteiger partial charge on any atom is -0.393 e. The Labute approximate surface area is 77.3 Å². The molecule has 1 aromatic rings. The maximum Gasteiger partial charge on any atom is 0.0982 e. The summed E-state index contributed by atoms with van der Waals surface area (Å²) < 4.78 is 0. The van der Waals surface area contributed by atoms with Gasteiger partial charge in [-0.1, -0.05) is 13.8 Å². The van der Waals surface area contributed by atoms with Gasteiger partial charge in [-0.05, 0) is 13.3 Å². The fraction of sp³-hybridized carbons (Fsp3) is 0.667. The molecule has 68 valence electrons. The average molecular weight is 185 g/mol. The lowest BCUT2D eigenvalue weighted by molar-refractivity contribution is 0.169. The highest BCUT2D eigenvalue weighted by molar-refractivity contribution is 7.09. The quantitative estimate of drug-likeness (QED) is 0.783. The predicted octanol–water partition coefficient (Wildman–Crippen LogP) is 2.19. The normalized spacial score (nSPS) is 16.0. The number of aromatic nitrogens is 1. The third kappa shape index (κ3) is 2.05. The van der Waals surface area contributed by atoms with Crippen molar-refractivity contribution < 1.29 is 5.11 Å². The molecule has 1 rings (SSSR count). The highest BCUT2D eigenvalue weighted by Gasteiger charge is 2.14. The van der Waals surface area contributed by atoms with E-state index < -0.39 is 0 Å². The lowest BCUT2D eigenvalue weighted by Gasteiger charge is -2.10. The maximum absolute atomic E-state index is 9.32. The number of hydrogen-bond donors (Lipinski definition) is 1. The Balaban J connectivity index is 2.74. The second-order valence-electron chi connectivity index (χ2n) is 3.06. The second-order valence-corrected chi connectivity index (χ2v) is 3.95. The van der Waals surface area contributed by atoms with Gasteiger partial charge in [0.15, 0.2) is 0 Å². The third-order valence-corrected chi connectivity index (χ3v) is 3.14. The molecule has 0 radical (unpaired) electrons. The Kier molecular flexibility index (Phi) is 3.23. The van der Waals surface area contributed by atoms with Crippen molar-refractivity contribution in [3.05, 3.63) is 16.1 Å².